The molecule has 4 rings (SSSR count). The molecule has 0 spiro atoms. The Morgan fingerprint density at radius 3 is 2.67 bits per heavy atom. The van der Waals surface area contributed by atoms with Gasteiger partial charge < -0.3 is 14.2 Å². The molecule has 3 heterocycles. The molecule has 2 aliphatic heterocycles. The topological polar surface area (TPSA) is 120 Å². The Balaban J connectivity index is 1.68. The molecular formula is C20H23N5O5. The van der Waals surface area contributed by atoms with E-state index in [0.29, 0.717) is 6.54 Å². The number of benzene rings is 1. The zero-order valence-corrected chi connectivity index (χ0v) is 16.7. The average molecular weight is 413 g/mol. The first kappa shape index (κ1) is 20.0. The molecule has 1 aromatic carbocycles. The number of carbonyl (C=O) groups is 2. The summed E-state index contributed by atoms with van der Waals surface area (Å²) in [6, 6.07) is 3.43. The van der Waals surface area contributed by atoms with Crippen LogP contribution in [0.2, 0.25) is 0 Å². The highest BCUT2D eigenvalue weighted by atomic mass is 16.6. The second kappa shape index (κ2) is 8.21. The van der Waals surface area contributed by atoms with Crippen molar-refractivity contribution < 1.29 is 19.2 Å². The maximum atomic E-state index is 13.3. The van der Waals surface area contributed by atoms with E-state index in [2.05, 4.69) is 19.5 Å². The van der Waals surface area contributed by atoms with Gasteiger partial charge in [0.15, 0.2) is 5.82 Å². The van der Waals surface area contributed by atoms with Gasteiger partial charge in [-0.05, 0) is 31.7 Å². The summed E-state index contributed by atoms with van der Waals surface area (Å²) in [4.78, 5) is 37.6. The van der Waals surface area contributed by atoms with Gasteiger partial charge in [-0.25, -0.2) is 4.79 Å². The van der Waals surface area contributed by atoms with E-state index in [-0.39, 0.29) is 28.8 Å². The van der Waals surface area contributed by atoms with E-state index in [0.717, 1.165) is 62.8 Å². The van der Waals surface area contributed by atoms with E-state index < -0.39 is 10.9 Å². The summed E-state index contributed by atoms with van der Waals surface area (Å²) in [5.74, 6) is 0.632. The molecule has 1 atom stereocenters. The number of rotatable bonds is 4. The molecule has 30 heavy (non-hydrogen) atoms. The van der Waals surface area contributed by atoms with Crippen molar-refractivity contribution in [2.45, 2.75) is 51.1 Å². The molecule has 0 radical (unpaired) electrons. The molecule has 0 N–H and O–H groups in total. The molecule has 2 aromatic rings. The molecular weight excluding hydrogens is 390 g/mol. The van der Waals surface area contributed by atoms with Crippen LogP contribution in [0.15, 0.2) is 18.2 Å². The van der Waals surface area contributed by atoms with Crippen molar-refractivity contribution in [3.05, 3.63) is 51.1 Å². The number of hydrogen-bond acceptors (Lipinski definition) is 7. The van der Waals surface area contributed by atoms with Crippen LogP contribution >= 0.6 is 0 Å². The number of nitro groups is 1. The number of carbonyl (C=O) groups excluding carboxylic acids is 2. The summed E-state index contributed by atoms with van der Waals surface area (Å²) in [5, 5.41) is 20.0. The van der Waals surface area contributed by atoms with Crippen molar-refractivity contribution in [2.75, 3.05) is 13.7 Å². The lowest BCUT2D eigenvalue weighted by Gasteiger charge is -2.25. The standard InChI is InChI=1S/C20H23N5O5/c1-30-20(27)14-10-13(11-15(12-14)25(28)29)19(26)23-9-5-6-16(23)18-22-21-17-7-3-2-4-8-24(17)18/h10-12,16H,2-9H2,1H3/t16-/m1/s1. The fourth-order valence-corrected chi connectivity index (χ4v) is 4.27. The number of hydrogen-bond donors (Lipinski definition) is 0. The summed E-state index contributed by atoms with van der Waals surface area (Å²) in [5.41, 5.74) is -0.261. The lowest BCUT2D eigenvalue weighted by Crippen LogP contribution is -2.32. The predicted molar refractivity (Wildman–Crippen MR) is 105 cm³/mol. The van der Waals surface area contributed by atoms with Crippen LogP contribution in [0.4, 0.5) is 5.69 Å². The maximum Gasteiger partial charge on any atom is 0.338 e. The van der Waals surface area contributed by atoms with Gasteiger partial charge in [0.25, 0.3) is 11.6 Å². The first-order valence-electron chi connectivity index (χ1n) is 10.1. The van der Waals surface area contributed by atoms with E-state index in [4.69, 9.17) is 0 Å². The molecule has 10 nitrogen and oxygen atoms in total. The molecule has 0 bridgehead atoms. The lowest BCUT2D eigenvalue weighted by molar-refractivity contribution is -0.384. The largest absolute Gasteiger partial charge is 0.465 e. The predicted octanol–water partition coefficient (Wildman–Crippen LogP) is 2.68. The Hall–Kier alpha value is -3.30. The minimum Gasteiger partial charge on any atom is -0.465 e. The summed E-state index contributed by atoms with van der Waals surface area (Å²) in [6.45, 7) is 1.35. The van der Waals surface area contributed by atoms with Crippen molar-refractivity contribution in [3.63, 3.8) is 0 Å². The molecule has 1 amide bonds. The fourth-order valence-electron chi connectivity index (χ4n) is 4.27. The van der Waals surface area contributed by atoms with Crippen LogP contribution < -0.4 is 0 Å². The second-order valence-electron chi connectivity index (χ2n) is 7.61. The van der Waals surface area contributed by atoms with E-state index >= 15 is 0 Å². The van der Waals surface area contributed by atoms with Gasteiger partial charge in [0.05, 0.1) is 23.6 Å². The van der Waals surface area contributed by atoms with Crippen LogP contribution in [-0.2, 0) is 17.7 Å². The Morgan fingerprint density at radius 2 is 1.90 bits per heavy atom. The minimum atomic E-state index is -0.728. The van der Waals surface area contributed by atoms with E-state index in [1.165, 1.54) is 19.2 Å². The summed E-state index contributed by atoms with van der Waals surface area (Å²) < 4.78 is 6.80. The van der Waals surface area contributed by atoms with Crippen molar-refractivity contribution in [3.8, 4) is 0 Å². The van der Waals surface area contributed by atoms with Gasteiger partial charge in [-0.1, -0.05) is 6.42 Å². The van der Waals surface area contributed by atoms with Crippen LogP contribution in [0.1, 0.15) is 70.5 Å². The number of amides is 1. The number of nitro benzene ring substituents is 1. The number of likely N-dealkylation sites (tertiary alicyclic amines) is 1. The first-order chi connectivity index (χ1) is 14.5. The van der Waals surface area contributed by atoms with Crippen LogP contribution in [0, 0.1) is 10.1 Å². The minimum absolute atomic E-state index is 0.0258. The molecule has 1 fully saturated rings. The van der Waals surface area contributed by atoms with Gasteiger partial charge in [-0.3, -0.25) is 14.9 Å². The molecule has 1 saturated heterocycles. The van der Waals surface area contributed by atoms with Crippen molar-refractivity contribution in [2.24, 2.45) is 0 Å². The van der Waals surface area contributed by atoms with Gasteiger partial charge >= 0.3 is 5.97 Å². The monoisotopic (exact) mass is 413 g/mol. The molecule has 0 saturated carbocycles. The number of esters is 1. The number of aryl methyl sites for hydroxylation is 1. The molecule has 10 heteroatoms. The lowest BCUT2D eigenvalue weighted by atomic mass is 10.1. The van der Waals surface area contributed by atoms with Crippen LogP contribution in [0.3, 0.4) is 0 Å². The Bertz CT molecular complexity index is 1000. The van der Waals surface area contributed by atoms with Crippen LogP contribution in [0.25, 0.3) is 0 Å². The van der Waals surface area contributed by atoms with Crippen molar-refractivity contribution in [1.82, 2.24) is 19.7 Å². The number of ether oxygens (including phenoxy) is 1. The molecule has 1 aromatic heterocycles. The first-order valence-corrected chi connectivity index (χ1v) is 10.1. The van der Waals surface area contributed by atoms with E-state index in [1.54, 1.807) is 4.90 Å². The van der Waals surface area contributed by atoms with Gasteiger partial charge in [-0.2, -0.15) is 0 Å². The van der Waals surface area contributed by atoms with E-state index in [9.17, 15) is 19.7 Å². The Labute approximate surface area is 173 Å². The SMILES string of the molecule is COC(=O)c1cc(C(=O)N2CCC[C@@H]2c2nnc3n2CCCCC3)cc([N+](=O)[O-])c1. The summed E-state index contributed by atoms with van der Waals surface area (Å²) >= 11 is 0. The van der Waals surface area contributed by atoms with Crippen LogP contribution in [0.5, 0.6) is 0 Å². The highest BCUT2D eigenvalue weighted by molar-refractivity contribution is 5.99. The Kier molecular flexibility index (Phi) is 5.47. The zero-order valence-electron chi connectivity index (χ0n) is 16.7. The Morgan fingerprint density at radius 1 is 1.10 bits per heavy atom. The maximum absolute atomic E-state index is 13.3. The highest BCUT2D eigenvalue weighted by Gasteiger charge is 2.35. The van der Waals surface area contributed by atoms with E-state index in [1.807, 2.05) is 0 Å². The third-order valence-corrected chi connectivity index (χ3v) is 5.75. The number of nitrogens with zero attached hydrogens (tertiary/aromatic N) is 5. The molecule has 2 aliphatic rings. The van der Waals surface area contributed by atoms with Crippen LogP contribution in [-0.4, -0.2) is 50.1 Å². The number of aromatic nitrogens is 3. The molecule has 0 aliphatic carbocycles. The smallest absolute Gasteiger partial charge is 0.338 e. The number of methoxy groups -OCH3 is 1. The fraction of sp³-hybridized carbons (Fsp3) is 0.500. The zero-order chi connectivity index (χ0) is 21.3. The van der Waals surface area contributed by atoms with Gasteiger partial charge in [0, 0.05) is 37.2 Å². The van der Waals surface area contributed by atoms with Crippen molar-refractivity contribution in [1.29, 1.82) is 0 Å². The van der Waals surface area contributed by atoms with Gasteiger partial charge in [0.1, 0.15) is 5.82 Å². The quantitative estimate of drug-likeness (QED) is 0.429. The van der Waals surface area contributed by atoms with Crippen molar-refractivity contribution >= 4 is 17.6 Å². The second-order valence-corrected chi connectivity index (χ2v) is 7.61. The molecule has 158 valence electrons. The summed E-state index contributed by atoms with van der Waals surface area (Å²) in [7, 11) is 1.19. The average Bonchev–Trinajstić information content (AvgIpc) is 3.32. The molecule has 0 unspecified atom stereocenters. The third kappa shape index (κ3) is 3.64. The highest BCUT2D eigenvalue weighted by Crippen LogP contribution is 2.34. The van der Waals surface area contributed by atoms with Gasteiger partial charge in [0.2, 0.25) is 0 Å². The number of non-ortho nitro benzene ring substituents is 1. The van der Waals surface area contributed by atoms with Gasteiger partial charge in [-0.15, -0.1) is 10.2 Å². The summed E-state index contributed by atoms with van der Waals surface area (Å²) in [6.07, 6.45) is 5.70. The normalized spacial score (nSPS) is 18.6. The number of fused-ring (bicyclic) bond motifs is 1. The third-order valence-electron chi connectivity index (χ3n) is 5.75.